The summed E-state index contributed by atoms with van der Waals surface area (Å²) in [6.07, 6.45) is 1.77. The average molecular weight is 480 g/mol. The summed E-state index contributed by atoms with van der Waals surface area (Å²) >= 11 is 7.38. The van der Waals surface area contributed by atoms with Crippen molar-refractivity contribution in [3.05, 3.63) is 64.2 Å². The number of halogens is 1. The first-order valence-corrected chi connectivity index (χ1v) is 12.9. The molecular weight excluding hydrogens is 454 g/mol. The maximum Gasteiger partial charge on any atom is 0.303 e. The molecular formula is C23H26ClNO4S2. The minimum atomic E-state index is -3.52. The highest BCUT2D eigenvalue weighted by molar-refractivity contribution is 7.94. The second-order valence-electron chi connectivity index (χ2n) is 7.51. The van der Waals surface area contributed by atoms with Crippen LogP contribution in [0.3, 0.4) is 0 Å². The summed E-state index contributed by atoms with van der Waals surface area (Å²) in [6.45, 7) is 4.23. The third kappa shape index (κ3) is 5.66. The van der Waals surface area contributed by atoms with Gasteiger partial charge in [0.25, 0.3) is 0 Å². The van der Waals surface area contributed by atoms with Gasteiger partial charge in [0, 0.05) is 22.7 Å². The molecule has 2 aromatic carbocycles. The van der Waals surface area contributed by atoms with E-state index in [0.29, 0.717) is 35.0 Å². The average Bonchev–Trinajstić information content (AvgIpc) is 3.07. The number of hydrogen-bond acceptors (Lipinski definition) is 5. The van der Waals surface area contributed by atoms with E-state index >= 15 is 0 Å². The van der Waals surface area contributed by atoms with Crippen LogP contribution in [0.5, 0.6) is 0 Å². The van der Waals surface area contributed by atoms with Crippen molar-refractivity contribution in [3.63, 3.8) is 0 Å². The fraction of sp³-hybridized carbons (Fsp3) is 0.348. The number of hydrogen-bond donors (Lipinski definition) is 2. The number of carboxylic acid groups (broad SMARTS) is 1. The summed E-state index contributed by atoms with van der Waals surface area (Å²) in [7, 11) is -3.52. The zero-order chi connectivity index (χ0) is 22.6. The summed E-state index contributed by atoms with van der Waals surface area (Å²) in [5, 5.41) is 12.8. The van der Waals surface area contributed by atoms with Gasteiger partial charge in [-0.3, -0.25) is 4.79 Å². The predicted molar refractivity (Wildman–Crippen MR) is 127 cm³/mol. The Hall–Kier alpha value is -1.93. The Morgan fingerprint density at radius 2 is 1.77 bits per heavy atom. The van der Waals surface area contributed by atoms with Crippen LogP contribution in [0, 0.1) is 6.92 Å². The number of nitrogens with one attached hydrogen (secondary N) is 1. The molecule has 0 aliphatic heterocycles. The molecule has 2 N–H and O–H groups in total. The van der Waals surface area contributed by atoms with Crippen molar-refractivity contribution in [1.82, 2.24) is 5.32 Å². The van der Waals surface area contributed by atoms with Crippen LogP contribution in [0.2, 0.25) is 5.02 Å². The van der Waals surface area contributed by atoms with E-state index in [1.807, 2.05) is 50.2 Å². The summed E-state index contributed by atoms with van der Waals surface area (Å²) in [4.78, 5) is 10.7. The predicted octanol–water partition coefficient (Wildman–Crippen LogP) is 5.22. The lowest BCUT2D eigenvalue weighted by Crippen LogP contribution is -2.37. The van der Waals surface area contributed by atoms with Gasteiger partial charge in [0.1, 0.15) is 9.58 Å². The lowest BCUT2D eigenvalue weighted by atomic mass is 10.1. The summed E-state index contributed by atoms with van der Waals surface area (Å²) in [5.41, 5.74) is 2.81. The molecule has 0 saturated heterocycles. The number of carbonyl (C=O) groups is 1. The van der Waals surface area contributed by atoms with Crippen molar-refractivity contribution in [3.8, 4) is 0 Å². The van der Waals surface area contributed by atoms with E-state index in [1.54, 1.807) is 6.07 Å². The van der Waals surface area contributed by atoms with Crippen LogP contribution in [-0.2, 0) is 27.5 Å². The van der Waals surface area contributed by atoms with Gasteiger partial charge in [-0.25, -0.2) is 8.42 Å². The van der Waals surface area contributed by atoms with Crippen LogP contribution in [0.25, 0.3) is 10.1 Å². The van der Waals surface area contributed by atoms with Crippen LogP contribution in [0.15, 0.2) is 46.7 Å². The first kappa shape index (κ1) is 23.7. The fourth-order valence-corrected chi connectivity index (χ4v) is 7.29. The molecule has 166 valence electrons. The van der Waals surface area contributed by atoms with Gasteiger partial charge in [-0.15, -0.1) is 11.3 Å². The molecule has 5 nitrogen and oxygen atoms in total. The van der Waals surface area contributed by atoms with E-state index in [-0.39, 0.29) is 6.42 Å². The van der Waals surface area contributed by atoms with Crippen LogP contribution >= 0.6 is 22.9 Å². The second-order valence-corrected chi connectivity index (χ2v) is 11.3. The number of fused-ring (bicyclic) bond motifs is 1. The van der Waals surface area contributed by atoms with Crippen LogP contribution in [-0.4, -0.2) is 31.4 Å². The molecule has 0 saturated carbocycles. The standard InChI is InChI=1S/C23H26ClNO4S2/c1-3-21(25-13-12-17-6-4-16(5-7-17)8-11-22(26)27)31(28,29)23-15(2)19-14-18(24)9-10-20(19)30-23/h4-7,9-10,14,21,25H,3,8,11-13H2,1-2H3,(H,26,27). The molecule has 0 spiro atoms. The SMILES string of the molecule is CCC(NCCc1ccc(CCC(=O)O)cc1)S(=O)(=O)c1sc2ccc(Cl)cc2c1C. The maximum absolute atomic E-state index is 13.3. The van der Waals surface area contributed by atoms with Gasteiger partial charge in [0.05, 0.1) is 0 Å². The fourth-order valence-electron chi connectivity index (χ4n) is 3.55. The minimum absolute atomic E-state index is 0.111. The Morgan fingerprint density at radius 3 is 2.39 bits per heavy atom. The van der Waals surface area contributed by atoms with Gasteiger partial charge < -0.3 is 10.4 Å². The monoisotopic (exact) mass is 479 g/mol. The number of aryl methyl sites for hydroxylation is 2. The molecule has 3 rings (SSSR count). The molecule has 0 aliphatic carbocycles. The van der Waals surface area contributed by atoms with Crippen LogP contribution in [0.1, 0.15) is 36.5 Å². The normalized spacial score (nSPS) is 12.9. The Morgan fingerprint density at radius 1 is 1.13 bits per heavy atom. The zero-order valence-corrected chi connectivity index (χ0v) is 19.9. The molecule has 0 radical (unpaired) electrons. The largest absolute Gasteiger partial charge is 0.481 e. The second kappa shape index (κ2) is 10.1. The topological polar surface area (TPSA) is 83.5 Å². The van der Waals surface area contributed by atoms with Crippen molar-refractivity contribution in [1.29, 1.82) is 0 Å². The van der Waals surface area contributed by atoms with E-state index in [0.717, 1.165) is 26.8 Å². The highest BCUT2D eigenvalue weighted by atomic mass is 35.5. The van der Waals surface area contributed by atoms with Crippen molar-refractivity contribution in [2.24, 2.45) is 0 Å². The lowest BCUT2D eigenvalue weighted by molar-refractivity contribution is -0.136. The molecule has 31 heavy (non-hydrogen) atoms. The number of sulfone groups is 1. The van der Waals surface area contributed by atoms with E-state index in [9.17, 15) is 13.2 Å². The number of carboxylic acids is 1. The minimum Gasteiger partial charge on any atom is -0.481 e. The summed E-state index contributed by atoms with van der Waals surface area (Å²) in [5.74, 6) is -0.808. The highest BCUT2D eigenvalue weighted by Crippen LogP contribution is 2.37. The van der Waals surface area contributed by atoms with Crippen molar-refractivity contribution >= 4 is 48.8 Å². The molecule has 8 heteroatoms. The molecule has 0 amide bonds. The first-order chi connectivity index (χ1) is 14.7. The van der Waals surface area contributed by atoms with E-state index in [4.69, 9.17) is 16.7 Å². The lowest BCUT2D eigenvalue weighted by Gasteiger charge is -2.17. The van der Waals surface area contributed by atoms with Crippen molar-refractivity contribution in [2.75, 3.05) is 6.54 Å². The molecule has 0 bridgehead atoms. The van der Waals surface area contributed by atoms with Gasteiger partial charge >= 0.3 is 5.97 Å². The third-order valence-electron chi connectivity index (χ3n) is 5.29. The zero-order valence-electron chi connectivity index (χ0n) is 17.5. The first-order valence-electron chi connectivity index (χ1n) is 10.2. The van der Waals surface area contributed by atoms with E-state index in [2.05, 4.69) is 5.32 Å². The smallest absolute Gasteiger partial charge is 0.303 e. The molecule has 1 atom stereocenters. The van der Waals surface area contributed by atoms with Crippen LogP contribution in [0.4, 0.5) is 0 Å². The Balaban J connectivity index is 1.67. The highest BCUT2D eigenvalue weighted by Gasteiger charge is 2.29. The Labute approximate surface area is 192 Å². The molecule has 0 fully saturated rings. The van der Waals surface area contributed by atoms with E-state index in [1.165, 1.54) is 11.3 Å². The van der Waals surface area contributed by atoms with E-state index < -0.39 is 21.2 Å². The van der Waals surface area contributed by atoms with Crippen molar-refractivity contribution < 1.29 is 18.3 Å². The van der Waals surface area contributed by atoms with Crippen molar-refractivity contribution in [2.45, 2.75) is 49.1 Å². The molecule has 1 unspecified atom stereocenters. The number of rotatable bonds is 10. The number of aliphatic carboxylic acids is 1. The van der Waals surface area contributed by atoms with Gasteiger partial charge in [0.15, 0.2) is 0 Å². The third-order valence-corrected chi connectivity index (χ3v) is 9.62. The molecule has 0 aliphatic rings. The van der Waals surface area contributed by atoms with Gasteiger partial charge in [-0.1, -0.05) is 42.8 Å². The summed E-state index contributed by atoms with van der Waals surface area (Å²) in [6, 6.07) is 13.2. The molecule has 1 aromatic heterocycles. The van der Waals surface area contributed by atoms with Gasteiger partial charge in [-0.2, -0.15) is 0 Å². The number of benzene rings is 2. The Bertz CT molecular complexity index is 1170. The van der Waals surface area contributed by atoms with Crippen LogP contribution < -0.4 is 5.32 Å². The molecule has 3 aromatic rings. The number of thiophene rings is 1. The van der Waals surface area contributed by atoms with Gasteiger partial charge in [0.2, 0.25) is 9.84 Å². The summed E-state index contributed by atoms with van der Waals surface area (Å²) < 4.78 is 27.9. The maximum atomic E-state index is 13.3. The molecule has 1 heterocycles. The van der Waals surface area contributed by atoms with Gasteiger partial charge in [-0.05, 0) is 66.5 Å². The quantitative estimate of drug-likeness (QED) is 0.416. The Kier molecular flexibility index (Phi) is 7.75.